The maximum Gasteiger partial charge on any atom is 0.330 e. The Hall–Kier alpha value is -3.21. The first-order valence-corrected chi connectivity index (χ1v) is 8.85. The molecule has 27 heavy (non-hydrogen) atoms. The van der Waals surface area contributed by atoms with E-state index in [9.17, 15) is 9.59 Å². The predicted molar refractivity (Wildman–Crippen MR) is 105 cm³/mol. The van der Waals surface area contributed by atoms with E-state index in [0.29, 0.717) is 19.6 Å². The maximum atomic E-state index is 11.5. The number of hydrogen-bond donors (Lipinski definition) is 0. The van der Waals surface area contributed by atoms with Crippen molar-refractivity contribution in [2.75, 3.05) is 13.2 Å². The van der Waals surface area contributed by atoms with Gasteiger partial charge in [0.15, 0.2) is 0 Å². The summed E-state index contributed by atoms with van der Waals surface area (Å²) in [5.41, 5.74) is 3.69. The molecule has 0 unspecified atom stereocenters. The van der Waals surface area contributed by atoms with Crippen LogP contribution >= 0.6 is 0 Å². The summed E-state index contributed by atoms with van der Waals surface area (Å²) >= 11 is 0. The Morgan fingerprint density at radius 3 is 2.37 bits per heavy atom. The fourth-order valence-electron chi connectivity index (χ4n) is 2.47. The highest BCUT2D eigenvalue weighted by Crippen LogP contribution is 2.16. The first-order chi connectivity index (χ1) is 13.1. The van der Waals surface area contributed by atoms with E-state index >= 15 is 0 Å². The van der Waals surface area contributed by atoms with Crippen molar-refractivity contribution in [1.82, 2.24) is 4.98 Å². The number of pyridine rings is 1. The lowest BCUT2D eigenvalue weighted by molar-refractivity contribution is -0.138. The minimum atomic E-state index is -0.389. The number of esters is 2. The van der Waals surface area contributed by atoms with Crippen LogP contribution in [0.25, 0.3) is 12.2 Å². The molecule has 1 heterocycles. The molecule has 0 N–H and O–H groups in total. The zero-order valence-corrected chi connectivity index (χ0v) is 15.6. The van der Waals surface area contributed by atoms with Gasteiger partial charge in [-0.3, -0.25) is 4.98 Å². The quantitative estimate of drug-likeness (QED) is 0.525. The fourth-order valence-corrected chi connectivity index (χ4v) is 2.47. The molecule has 140 valence electrons. The third-order valence-corrected chi connectivity index (χ3v) is 3.63. The number of carbonyl (C=O) groups is 2. The molecule has 5 heteroatoms. The maximum absolute atomic E-state index is 11.5. The SMILES string of the molecule is CCOC(=O)/C=C/c1cccc(Cc2cccnc2/C=C/C(=O)OCC)c1. The van der Waals surface area contributed by atoms with Crippen LogP contribution in [-0.2, 0) is 25.5 Å². The number of benzene rings is 1. The van der Waals surface area contributed by atoms with Crippen molar-refractivity contribution in [3.05, 3.63) is 77.1 Å². The molecular weight excluding hydrogens is 342 g/mol. The molecule has 0 radical (unpaired) electrons. The Kier molecular flexibility index (Phi) is 7.97. The first kappa shape index (κ1) is 20.1. The summed E-state index contributed by atoms with van der Waals surface area (Å²) < 4.78 is 9.79. The van der Waals surface area contributed by atoms with E-state index < -0.39 is 0 Å². The van der Waals surface area contributed by atoms with Crippen LogP contribution in [-0.4, -0.2) is 30.1 Å². The highest BCUT2D eigenvalue weighted by Gasteiger charge is 2.04. The predicted octanol–water partition coefficient (Wildman–Crippen LogP) is 3.83. The topological polar surface area (TPSA) is 65.5 Å². The minimum absolute atomic E-state index is 0.338. The highest BCUT2D eigenvalue weighted by molar-refractivity contribution is 5.87. The first-order valence-electron chi connectivity index (χ1n) is 8.85. The van der Waals surface area contributed by atoms with Crippen molar-refractivity contribution in [1.29, 1.82) is 0 Å². The van der Waals surface area contributed by atoms with Crippen molar-refractivity contribution in [3.63, 3.8) is 0 Å². The number of rotatable bonds is 8. The summed E-state index contributed by atoms with van der Waals surface area (Å²) in [6, 6.07) is 11.7. The lowest BCUT2D eigenvalue weighted by Crippen LogP contribution is -2.00. The van der Waals surface area contributed by atoms with Gasteiger partial charge in [-0.2, -0.15) is 0 Å². The normalized spacial score (nSPS) is 11.0. The van der Waals surface area contributed by atoms with Crippen molar-refractivity contribution >= 4 is 24.1 Å². The van der Waals surface area contributed by atoms with Crippen LogP contribution in [0.15, 0.2) is 54.7 Å². The molecule has 0 fully saturated rings. The average Bonchev–Trinajstić information content (AvgIpc) is 2.66. The van der Waals surface area contributed by atoms with Gasteiger partial charge < -0.3 is 9.47 Å². The van der Waals surface area contributed by atoms with E-state index in [4.69, 9.17) is 9.47 Å². The lowest BCUT2D eigenvalue weighted by Gasteiger charge is -2.06. The van der Waals surface area contributed by atoms with Crippen LogP contribution < -0.4 is 0 Å². The van der Waals surface area contributed by atoms with Crippen LogP contribution in [0.4, 0.5) is 0 Å². The fraction of sp³-hybridized carbons (Fsp3) is 0.227. The van der Waals surface area contributed by atoms with Crippen LogP contribution in [0.1, 0.15) is 36.2 Å². The van der Waals surface area contributed by atoms with Crippen LogP contribution in [0.2, 0.25) is 0 Å². The molecule has 0 aliphatic rings. The van der Waals surface area contributed by atoms with Crippen LogP contribution in [0.3, 0.4) is 0 Å². The summed E-state index contributed by atoms with van der Waals surface area (Å²) in [5.74, 6) is -0.748. The Labute approximate surface area is 159 Å². The van der Waals surface area contributed by atoms with Crippen molar-refractivity contribution < 1.29 is 19.1 Å². The smallest absolute Gasteiger partial charge is 0.330 e. The Balaban J connectivity index is 2.14. The standard InChI is InChI=1S/C22H23NO4/c1-3-26-21(24)12-10-17-7-5-8-18(15-17)16-19-9-6-14-23-20(19)11-13-22(25)27-4-2/h5-15H,3-4,16H2,1-2H3/b12-10+,13-11+. The van der Waals surface area contributed by atoms with E-state index in [1.807, 2.05) is 36.4 Å². The lowest BCUT2D eigenvalue weighted by atomic mass is 10.0. The second-order valence-corrected chi connectivity index (χ2v) is 5.64. The molecule has 0 aliphatic carbocycles. The summed E-state index contributed by atoms with van der Waals surface area (Å²) in [5, 5.41) is 0. The van der Waals surface area contributed by atoms with Gasteiger partial charge >= 0.3 is 11.9 Å². The second-order valence-electron chi connectivity index (χ2n) is 5.64. The molecule has 5 nitrogen and oxygen atoms in total. The van der Waals surface area contributed by atoms with Gasteiger partial charge in [0.1, 0.15) is 0 Å². The molecule has 0 saturated heterocycles. The van der Waals surface area contributed by atoms with Gasteiger partial charge in [-0.25, -0.2) is 9.59 Å². The van der Waals surface area contributed by atoms with Gasteiger partial charge in [-0.15, -0.1) is 0 Å². The minimum Gasteiger partial charge on any atom is -0.463 e. The van der Waals surface area contributed by atoms with Crippen LogP contribution in [0.5, 0.6) is 0 Å². The zero-order chi connectivity index (χ0) is 19.5. The molecule has 0 aliphatic heterocycles. The third-order valence-electron chi connectivity index (χ3n) is 3.63. The largest absolute Gasteiger partial charge is 0.463 e. The number of aromatic nitrogens is 1. The second kappa shape index (κ2) is 10.7. The van der Waals surface area contributed by atoms with Gasteiger partial charge in [0.25, 0.3) is 0 Å². The summed E-state index contributed by atoms with van der Waals surface area (Å²) in [4.78, 5) is 27.3. The van der Waals surface area contributed by atoms with Gasteiger partial charge in [0.05, 0.1) is 18.9 Å². The number of carbonyl (C=O) groups excluding carboxylic acids is 2. The highest BCUT2D eigenvalue weighted by atomic mass is 16.5. The van der Waals surface area contributed by atoms with Gasteiger partial charge in [-0.05, 0) is 55.2 Å². The summed E-state index contributed by atoms with van der Waals surface area (Å²) in [7, 11) is 0. The monoisotopic (exact) mass is 365 g/mol. The molecule has 0 spiro atoms. The van der Waals surface area contributed by atoms with E-state index in [-0.39, 0.29) is 11.9 Å². The van der Waals surface area contributed by atoms with E-state index in [1.54, 1.807) is 32.2 Å². The average molecular weight is 365 g/mol. The van der Waals surface area contributed by atoms with Crippen LogP contribution in [0, 0.1) is 0 Å². The molecule has 0 amide bonds. The summed E-state index contributed by atoms with van der Waals surface area (Å²) in [6.07, 6.45) is 8.53. The third kappa shape index (κ3) is 6.90. The van der Waals surface area contributed by atoms with Gasteiger partial charge in [0, 0.05) is 18.3 Å². The van der Waals surface area contributed by atoms with Gasteiger partial charge in [0.2, 0.25) is 0 Å². The number of hydrogen-bond acceptors (Lipinski definition) is 5. The molecule has 1 aromatic carbocycles. The number of nitrogens with zero attached hydrogens (tertiary/aromatic N) is 1. The molecule has 2 aromatic rings. The van der Waals surface area contributed by atoms with Crippen molar-refractivity contribution in [2.24, 2.45) is 0 Å². The molecule has 1 aromatic heterocycles. The molecule has 0 saturated carbocycles. The van der Waals surface area contributed by atoms with Gasteiger partial charge in [-0.1, -0.05) is 30.3 Å². The Morgan fingerprint density at radius 2 is 1.67 bits per heavy atom. The van der Waals surface area contributed by atoms with Crippen molar-refractivity contribution in [3.8, 4) is 0 Å². The van der Waals surface area contributed by atoms with E-state index in [1.165, 1.54) is 12.2 Å². The van der Waals surface area contributed by atoms with E-state index in [2.05, 4.69) is 4.98 Å². The number of ether oxygens (including phenoxy) is 2. The Bertz CT molecular complexity index is 840. The zero-order valence-electron chi connectivity index (χ0n) is 15.6. The van der Waals surface area contributed by atoms with Crippen molar-refractivity contribution in [2.45, 2.75) is 20.3 Å². The molecular formula is C22H23NO4. The van der Waals surface area contributed by atoms with E-state index in [0.717, 1.165) is 22.4 Å². The molecule has 2 rings (SSSR count). The Morgan fingerprint density at radius 1 is 0.963 bits per heavy atom. The molecule has 0 bridgehead atoms. The molecule has 0 atom stereocenters. The summed E-state index contributed by atoms with van der Waals surface area (Å²) in [6.45, 7) is 4.23.